The molecule has 0 saturated heterocycles. The Morgan fingerprint density at radius 1 is 1.43 bits per heavy atom. The topological polar surface area (TPSA) is 113 Å². The first-order valence-corrected chi connectivity index (χ1v) is 5.95. The average Bonchev–Trinajstić information content (AvgIpc) is 2.94. The van der Waals surface area contributed by atoms with E-state index in [1.165, 1.54) is 27.2 Å². The lowest BCUT2D eigenvalue weighted by Gasteiger charge is -2.15. The second kappa shape index (κ2) is 5.73. The van der Waals surface area contributed by atoms with Crippen LogP contribution in [-0.4, -0.2) is 42.9 Å². The summed E-state index contributed by atoms with van der Waals surface area (Å²) in [6.45, 7) is 1.29. The van der Waals surface area contributed by atoms with Gasteiger partial charge in [0.1, 0.15) is 0 Å². The zero-order valence-electron chi connectivity index (χ0n) is 11.7. The SMILES string of the molecule is COc1c(/C(=N\O)C(C)[N+](=O)[O-])cc2c(c1OC)OCO2. The molecule has 21 heavy (non-hydrogen) atoms. The van der Waals surface area contributed by atoms with Gasteiger partial charge >= 0.3 is 0 Å². The molecular formula is C12H14N2O7. The highest BCUT2D eigenvalue weighted by molar-refractivity contribution is 6.06. The van der Waals surface area contributed by atoms with Gasteiger partial charge in [-0.2, -0.15) is 0 Å². The fraction of sp³-hybridized carbons (Fsp3) is 0.417. The Morgan fingerprint density at radius 2 is 2.10 bits per heavy atom. The lowest BCUT2D eigenvalue weighted by atomic mass is 10.0. The number of fused-ring (bicyclic) bond motifs is 1. The molecule has 1 heterocycles. The van der Waals surface area contributed by atoms with E-state index in [0.717, 1.165) is 0 Å². The Bertz CT molecular complexity index is 600. The third-order valence-electron chi connectivity index (χ3n) is 3.08. The predicted molar refractivity (Wildman–Crippen MR) is 70.4 cm³/mol. The predicted octanol–water partition coefficient (Wildman–Crippen LogP) is 1.28. The Hall–Kier alpha value is -2.71. The number of nitrogens with zero attached hydrogens (tertiary/aromatic N) is 2. The molecule has 0 saturated carbocycles. The number of oxime groups is 1. The molecule has 0 radical (unpaired) electrons. The Balaban J connectivity index is 2.65. The quantitative estimate of drug-likeness (QED) is 0.377. The van der Waals surface area contributed by atoms with Crippen molar-refractivity contribution in [3.63, 3.8) is 0 Å². The van der Waals surface area contributed by atoms with Gasteiger partial charge in [0.15, 0.2) is 17.2 Å². The summed E-state index contributed by atoms with van der Waals surface area (Å²) in [4.78, 5) is 10.4. The van der Waals surface area contributed by atoms with Crippen molar-refractivity contribution in [2.75, 3.05) is 21.0 Å². The van der Waals surface area contributed by atoms with Gasteiger partial charge in [0.25, 0.3) is 6.04 Å². The molecule has 0 aromatic heterocycles. The third kappa shape index (κ3) is 2.37. The van der Waals surface area contributed by atoms with Gasteiger partial charge in [0.05, 0.1) is 19.8 Å². The molecule has 1 aliphatic rings. The van der Waals surface area contributed by atoms with E-state index in [1.54, 1.807) is 0 Å². The normalized spacial score (nSPS) is 14.7. The van der Waals surface area contributed by atoms with Crippen molar-refractivity contribution < 1.29 is 29.1 Å². The van der Waals surface area contributed by atoms with Crippen LogP contribution >= 0.6 is 0 Å². The van der Waals surface area contributed by atoms with E-state index in [9.17, 15) is 10.1 Å². The smallest absolute Gasteiger partial charge is 0.255 e. The van der Waals surface area contributed by atoms with Crippen LogP contribution in [0.1, 0.15) is 12.5 Å². The van der Waals surface area contributed by atoms with Crippen molar-refractivity contribution in [1.29, 1.82) is 0 Å². The van der Waals surface area contributed by atoms with Crippen LogP contribution in [0.15, 0.2) is 11.2 Å². The van der Waals surface area contributed by atoms with E-state index in [2.05, 4.69) is 5.16 Å². The van der Waals surface area contributed by atoms with E-state index in [-0.39, 0.29) is 29.6 Å². The summed E-state index contributed by atoms with van der Waals surface area (Å²) >= 11 is 0. The highest BCUT2D eigenvalue weighted by Crippen LogP contribution is 2.49. The number of methoxy groups -OCH3 is 2. The van der Waals surface area contributed by atoms with E-state index in [1.807, 2.05) is 0 Å². The first-order valence-electron chi connectivity index (χ1n) is 5.95. The van der Waals surface area contributed by atoms with Crippen molar-refractivity contribution in [2.24, 2.45) is 5.16 Å². The van der Waals surface area contributed by atoms with Gasteiger partial charge in [-0.05, 0) is 6.07 Å². The molecular weight excluding hydrogens is 284 g/mol. The highest BCUT2D eigenvalue weighted by atomic mass is 16.7. The largest absolute Gasteiger partial charge is 0.492 e. The minimum atomic E-state index is -1.24. The van der Waals surface area contributed by atoms with Crippen LogP contribution in [0.5, 0.6) is 23.0 Å². The molecule has 1 aromatic rings. The second-order valence-corrected chi connectivity index (χ2v) is 4.17. The van der Waals surface area contributed by atoms with Crippen molar-refractivity contribution in [3.8, 4) is 23.0 Å². The van der Waals surface area contributed by atoms with Crippen LogP contribution in [0.25, 0.3) is 0 Å². The fourth-order valence-corrected chi connectivity index (χ4v) is 2.04. The van der Waals surface area contributed by atoms with Crippen LogP contribution in [0, 0.1) is 10.1 Å². The molecule has 2 rings (SSSR count). The standard InChI is InChI=1S/C12H14N2O7/c1-6(14(16)17)9(13-15)7-4-8-11(21-5-20-8)12(19-3)10(7)18-2/h4,6,15H,5H2,1-3H3/b13-9-. The number of hydrogen-bond acceptors (Lipinski definition) is 8. The average molecular weight is 298 g/mol. The summed E-state index contributed by atoms with van der Waals surface area (Å²) in [6, 6.07) is 0.215. The van der Waals surface area contributed by atoms with Gasteiger partial charge in [-0.15, -0.1) is 0 Å². The summed E-state index contributed by atoms with van der Waals surface area (Å²) in [7, 11) is 2.77. The second-order valence-electron chi connectivity index (χ2n) is 4.17. The Kier molecular flexibility index (Phi) is 4.01. The van der Waals surface area contributed by atoms with Gasteiger partial charge in [0.2, 0.25) is 18.3 Å². The first kappa shape index (κ1) is 14.7. The van der Waals surface area contributed by atoms with Crippen LogP contribution in [-0.2, 0) is 0 Å². The van der Waals surface area contributed by atoms with Crippen molar-refractivity contribution >= 4 is 5.71 Å². The number of benzene rings is 1. The summed E-state index contributed by atoms with van der Waals surface area (Å²) < 4.78 is 21.0. The van der Waals surface area contributed by atoms with Gasteiger partial charge in [-0.3, -0.25) is 10.1 Å². The highest BCUT2D eigenvalue weighted by Gasteiger charge is 2.33. The lowest BCUT2D eigenvalue weighted by Crippen LogP contribution is -2.27. The maximum atomic E-state index is 10.9. The number of nitro groups is 1. The third-order valence-corrected chi connectivity index (χ3v) is 3.08. The zero-order chi connectivity index (χ0) is 15.6. The zero-order valence-corrected chi connectivity index (χ0v) is 11.7. The number of hydrogen-bond donors (Lipinski definition) is 1. The molecule has 0 bridgehead atoms. The Labute approximate surface area is 119 Å². The minimum absolute atomic E-state index is 0.00527. The van der Waals surface area contributed by atoms with Crippen molar-refractivity contribution in [2.45, 2.75) is 13.0 Å². The van der Waals surface area contributed by atoms with Gasteiger partial charge in [0, 0.05) is 11.8 Å². The molecule has 1 unspecified atom stereocenters. The molecule has 1 aromatic carbocycles. The van der Waals surface area contributed by atoms with Crippen LogP contribution in [0.3, 0.4) is 0 Å². The van der Waals surface area contributed by atoms with Gasteiger partial charge in [-0.1, -0.05) is 5.16 Å². The maximum Gasteiger partial charge on any atom is 0.255 e. The maximum absolute atomic E-state index is 10.9. The fourth-order valence-electron chi connectivity index (χ4n) is 2.04. The minimum Gasteiger partial charge on any atom is -0.492 e. The van der Waals surface area contributed by atoms with Gasteiger partial charge in [-0.25, -0.2) is 0 Å². The number of rotatable bonds is 5. The molecule has 1 atom stereocenters. The molecule has 0 spiro atoms. The van der Waals surface area contributed by atoms with Crippen molar-refractivity contribution in [1.82, 2.24) is 0 Å². The molecule has 0 amide bonds. The first-order chi connectivity index (χ1) is 10.0. The molecule has 1 aliphatic heterocycles. The van der Waals surface area contributed by atoms with E-state index < -0.39 is 11.0 Å². The van der Waals surface area contributed by atoms with Crippen LogP contribution in [0.2, 0.25) is 0 Å². The molecule has 9 nitrogen and oxygen atoms in total. The molecule has 1 N–H and O–H groups in total. The van der Waals surface area contributed by atoms with E-state index in [0.29, 0.717) is 11.5 Å². The Morgan fingerprint density at radius 3 is 2.62 bits per heavy atom. The summed E-state index contributed by atoms with van der Waals surface area (Å²) in [6.07, 6.45) is 0. The summed E-state index contributed by atoms with van der Waals surface area (Å²) in [5.74, 6) is 1.06. The monoisotopic (exact) mass is 298 g/mol. The number of ether oxygens (including phenoxy) is 4. The molecule has 9 heteroatoms. The van der Waals surface area contributed by atoms with Crippen LogP contribution in [0.4, 0.5) is 0 Å². The summed E-state index contributed by atoms with van der Waals surface area (Å²) in [5.41, 5.74) is 0.0266. The molecule has 0 aliphatic carbocycles. The van der Waals surface area contributed by atoms with Crippen molar-refractivity contribution in [3.05, 3.63) is 21.7 Å². The lowest BCUT2D eigenvalue weighted by molar-refractivity contribution is -0.498. The van der Waals surface area contributed by atoms with E-state index >= 15 is 0 Å². The molecule has 0 fully saturated rings. The summed E-state index contributed by atoms with van der Waals surface area (Å²) in [5, 5.41) is 23.1. The van der Waals surface area contributed by atoms with E-state index in [4.69, 9.17) is 24.2 Å². The van der Waals surface area contributed by atoms with Gasteiger partial charge < -0.3 is 24.2 Å². The van der Waals surface area contributed by atoms with Crippen LogP contribution < -0.4 is 18.9 Å². The molecule has 114 valence electrons.